The number of nitrogens with one attached hydrogen (secondary N) is 1. The lowest BCUT2D eigenvalue weighted by Crippen LogP contribution is -2.18. The Morgan fingerprint density at radius 2 is 1.93 bits per heavy atom. The van der Waals surface area contributed by atoms with E-state index in [4.69, 9.17) is 5.11 Å². The van der Waals surface area contributed by atoms with Crippen molar-refractivity contribution in [3.8, 4) is 11.5 Å². The van der Waals surface area contributed by atoms with E-state index in [0.717, 1.165) is 12.1 Å². The minimum absolute atomic E-state index is 0.0613. The monoisotopic (exact) mass is 195 g/mol. The van der Waals surface area contributed by atoms with Gasteiger partial charge in [-0.2, -0.15) is 0 Å². The van der Waals surface area contributed by atoms with Crippen LogP contribution in [0.4, 0.5) is 0 Å². The second-order valence-corrected chi connectivity index (χ2v) is 3.85. The second kappa shape index (κ2) is 4.86. The third-order valence-corrected chi connectivity index (χ3v) is 1.92. The summed E-state index contributed by atoms with van der Waals surface area (Å²) in [4.78, 5) is 0. The Morgan fingerprint density at radius 3 is 2.50 bits per heavy atom. The molecule has 14 heavy (non-hydrogen) atoms. The van der Waals surface area contributed by atoms with Crippen LogP contribution >= 0.6 is 0 Å². The molecule has 0 unspecified atom stereocenters. The van der Waals surface area contributed by atoms with Crippen molar-refractivity contribution in [3.63, 3.8) is 0 Å². The predicted octanol–water partition coefficient (Wildman–Crippen LogP) is 1.84. The van der Waals surface area contributed by atoms with Crippen LogP contribution in [-0.4, -0.2) is 16.8 Å². The molecule has 3 nitrogen and oxygen atoms in total. The summed E-state index contributed by atoms with van der Waals surface area (Å²) in [6.07, 6.45) is 0. The molecule has 0 aliphatic rings. The summed E-state index contributed by atoms with van der Waals surface area (Å²) in [6, 6.07) is 4.87. The van der Waals surface area contributed by atoms with Gasteiger partial charge in [0.1, 0.15) is 0 Å². The summed E-state index contributed by atoms with van der Waals surface area (Å²) in [6.45, 7) is 5.94. The molecule has 0 spiro atoms. The van der Waals surface area contributed by atoms with Gasteiger partial charge in [0.2, 0.25) is 0 Å². The highest BCUT2D eigenvalue weighted by atomic mass is 16.3. The molecule has 0 aliphatic carbocycles. The van der Waals surface area contributed by atoms with Crippen LogP contribution in [0.25, 0.3) is 0 Å². The van der Waals surface area contributed by atoms with Crippen LogP contribution < -0.4 is 5.32 Å². The van der Waals surface area contributed by atoms with E-state index in [1.807, 2.05) is 0 Å². The van der Waals surface area contributed by atoms with Crippen molar-refractivity contribution in [3.05, 3.63) is 23.8 Å². The topological polar surface area (TPSA) is 52.5 Å². The maximum absolute atomic E-state index is 9.23. The number of hydrogen-bond acceptors (Lipinski definition) is 3. The van der Waals surface area contributed by atoms with Crippen LogP contribution in [0.5, 0.6) is 11.5 Å². The minimum Gasteiger partial charge on any atom is -0.504 e. The first kappa shape index (κ1) is 10.9. The molecular formula is C11H17NO2. The molecule has 0 amide bonds. The second-order valence-electron chi connectivity index (χ2n) is 3.85. The number of benzene rings is 1. The molecule has 0 saturated carbocycles. The van der Waals surface area contributed by atoms with Gasteiger partial charge < -0.3 is 15.5 Å². The third-order valence-electron chi connectivity index (χ3n) is 1.92. The van der Waals surface area contributed by atoms with Crippen LogP contribution in [0, 0.1) is 5.92 Å². The van der Waals surface area contributed by atoms with E-state index in [2.05, 4.69) is 19.2 Å². The zero-order valence-electron chi connectivity index (χ0n) is 8.62. The maximum atomic E-state index is 9.23. The van der Waals surface area contributed by atoms with Crippen molar-refractivity contribution in [1.82, 2.24) is 5.32 Å². The normalized spacial score (nSPS) is 10.8. The Labute approximate surface area is 84.4 Å². The van der Waals surface area contributed by atoms with E-state index in [9.17, 15) is 5.11 Å². The van der Waals surface area contributed by atoms with Crippen LogP contribution in [0.1, 0.15) is 19.4 Å². The first-order valence-electron chi connectivity index (χ1n) is 4.81. The van der Waals surface area contributed by atoms with Crippen molar-refractivity contribution in [2.24, 2.45) is 5.92 Å². The largest absolute Gasteiger partial charge is 0.504 e. The molecule has 0 aliphatic heterocycles. The van der Waals surface area contributed by atoms with E-state index in [1.54, 1.807) is 12.1 Å². The van der Waals surface area contributed by atoms with Crippen LogP contribution in [0.15, 0.2) is 18.2 Å². The van der Waals surface area contributed by atoms with E-state index in [1.165, 1.54) is 6.07 Å². The van der Waals surface area contributed by atoms with Crippen molar-refractivity contribution >= 4 is 0 Å². The van der Waals surface area contributed by atoms with Gasteiger partial charge in [-0.15, -0.1) is 0 Å². The fourth-order valence-corrected chi connectivity index (χ4v) is 1.18. The fourth-order valence-electron chi connectivity index (χ4n) is 1.18. The summed E-state index contributed by atoms with van der Waals surface area (Å²) in [5.41, 5.74) is 0.973. The smallest absolute Gasteiger partial charge is 0.157 e. The standard InChI is InChI=1S/C11H17NO2/c1-8(2)6-12-7-9-3-4-10(13)11(14)5-9/h3-5,8,12-14H,6-7H2,1-2H3. The van der Waals surface area contributed by atoms with Gasteiger partial charge in [-0.1, -0.05) is 19.9 Å². The number of rotatable bonds is 4. The highest BCUT2D eigenvalue weighted by molar-refractivity contribution is 5.40. The van der Waals surface area contributed by atoms with Crippen LogP contribution in [0.2, 0.25) is 0 Å². The average Bonchev–Trinajstić information content (AvgIpc) is 2.10. The van der Waals surface area contributed by atoms with E-state index in [-0.39, 0.29) is 11.5 Å². The quantitative estimate of drug-likeness (QED) is 0.642. The summed E-state index contributed by atoms with van der Waals surface area (Å²) < 4.78 is 0. The molecular weight excluding hydrogens is 178 g/mol. The molecule has 1 rings (SSSR count). The van der Waals surface area contributed by atoms with E-state index >= 15 is 0 Å². The maximum Gasteiger partial charge on any atom is 0.157 e. The SMILES string of the molecule is CC(C)CNCc1ccc(O)c(O)c1. The highest BCUT2D eigenvalue weighted by Crippen LogP contribution is 2.24. The summed E-state index contributed by atoms with van der Waals surface area (Å²) in [5, 5.41) is 21.6. The van der Waals surface area contributed by atoms with E-state index < -0.39 is 0 Å². The van der Waals surface area contributed by atoms with Gasteiger partial charge in [0.05, 0.1) is 0 Å². The van der Waals surface area contributed by atoms with Gasteiger partial charge in [0.15, 0.2) is 11.5 Å². The molecule has 0 atom stereocenters. The van der Waals surface area contributed by atoms with E-state index in [0.29, 0.717) is 12.5 Å². The Balaban J connectivity index is 2.47. The van der Waals surface area contributed by atoms with Crippen molar-refractivity contribution in [2.75, 3.05) is 6.54 Å². The van der Waals surface area contributed by atoms with Gasteiger partial charge in [-0.25, -0.2) is 0 Å². The number of phenols is 2. The minimum atomic E-state index is -0.0717. The zero-order chi connectivity index (χ0) is 10.6. The van der Waals surface area contributed by atoms with Gasteiger partial charge in [0, 0.05) is 6.54 Å². The average molecular weight is 195 g/mol. The first-order chi connectivity index (χ1) is 6.59. The lowest BCUT2D eigenvalue weighted by molar-refractivity contribution is 0.403. The Kier molecular flexibility index (Phi) is 3.77. The summed E-state index contributed by atoms with van der Waals surface area (Å²) in [7, 11) is 0. The Morgan fingerprint density at radius 1 is 1.21 bits per heavy atom. The summed E-state index contributed by atoms with van der Waals surface area (Å²) in [5.74, 6) is 0.479. The Hall–Kier alpha value is -1.22. The molecule has 0 saturated heterocycles. The lowest BCUT2D eigenvalue weighted by Gasteiger charge is -2.07. The van der Waals surface area contributed by atoms with Crippen molar-refractivity contribution in [1.29, 1.82) is 0 Å². The van der Waals surface area contributed by atoms with Gasteiger partial charge in [-0.3, -0.25) is 0 Å². The third kappa shape index (κ3) is 3.26. The molecule has 0 aromatic heterocycles. The Bertz CT molecular complexity index is 297. The zero-order valence-corrected chi connectivity index (χ0v) is 8.62. The molecule has 0 heterocycles. The molecule has 3 N–H and O–H groups in total. The van der Waals surface area contributed by atoms with Gasteiger partial charge in [0.25, 0.3) is 0 Å². The molecule has 3 heteroatoms. The molecule has 0 bridgehead atoms. The lowest BCUT2D eigenvalue weighted by atomic mass is 10.2. The van der Waals surface area contributed by atoms with Crippen molar-refractivity contribution < 1.29 is 10.2 Å². The van der Waals surface area contributed by atoms with Crippen molar-refractivity contribution in [2.45, 2.75) is 20.4 Å². The van der Waals surface area contributed by atoms with Crippen LogP contribution in [-0.2, 0) is 6.54 Å². The number of phenolic OH excluding ortho intramolecular Hbond substituents is 2. The molecule has 1 aromatic rings. The summed E-state index contributed by atoms with van der Waals surface area (Å²) >= 11 is 0. The molecule has 78 valence electrons. The molecule has 0 fully saturated rings. The van der Waals surface area contributed by atoms with Gasteiger partial charge >= 0.3 is 0 Å². The fraction of sp³-hybridized carbons (Fsp3) is 0.455. The predicted molar refractivity (Wildman–Crippen MR) is 56.3 cm³/mol. The number of hydrogen-bond donors (Lipinski definition) is 3. The van der Waals surface area contributed by atoms with Crippen LogP contribution in [0.3, 0.4) is 0 Å². The highest BCUT2D eigenvalue weighted by Gasteiger charge is 2.00. The first-order valence-corrected chi connectivity index (χ1v) is 4.81. The molecule has 0 radical (unpaired) electrons. The molecule has 1 aromatic carbocycles. The number of aromatic hydroxyl groups is 2. The van der Waals surface area contributed by atoms with Gasteiger partial charge in [-0.05, 0) is 30.2 Å².